The lowest BCUT2D eigenvalue weighted by atomic mass is 10.2. The first-order valence-corrected chi connectivity index (χ1v) is 5.66. The molecule has 0 saturated carbocycles. The number of aliphatic hydroxyl groups is 1. The Hall–Kier alpha value is -0.870. The van der Waals surface area contributed by atoms with Gasteiger partial charge in [0.25, 0.3) is 0 Å². The Morgan fingerprint density at radius 2 is 2.33 bits per heavy atom. The molecule has 0 saturated heterocycles. The molecule has 0 aliphatic carbocycles. The lowest BCUT2D eigenvalue weighted by Gasteiger charge is -2.12. The zero-order chi connectivity index (χ0) is 11.1. The number of hydrogen-bond acceptors (Lipinski definition) is 3. The quantitative estimate of drug-likeness (QED) is 0.701. The Labute approximate surface area is 91.3 Å². The van der Waals surface area contributed by atoms with Gasteiger partial charge in [-0.3, -0.25) is 0 Å². The smallest absolute Gasteiger partial charge is 0.111 e. The number of nitrogens with one attached hydrogen (secondary N) is 1. The lowest BCUT2D eigenvalue weighted by Crippen LogP contribution is -2.29. The lowest BCUT2D eigenvalue weighted by molar-refractivity contribution is 0.169. The van der Waals surface area contributed by atoms with Crippen LogP contribution in [0.25, 0.3) is 0 Å². The summed E-state index contributed by atoms with van der Waals surface area (Å²) < 4.78 is 2.11. The van der Waals surface area contributed by atoms with E-state index in [0.717, 1.165) is 25.3 Å². The second-order valence-corrected chi connectivity index (χ2v) is 3.70. The summed E-state index contributed by atoms with van der Waals surface area (Å²) in [5.74, 6) is 0.974. The van der Waals surface area contributed by atoms with E-state index >= 15 is 0 Å². The van der Waals surface area contributed by atoms with Crippen LogP contribution in [0, 0.1) is 0 Å². The average Bonchev–Trinajstić information content (AvgIpc) is 2.63. The highest BCUT2D eigenvalue weighted by atomic mass is 16.3. The number of rotatable bonds is 7. The van der Waals surface area contributed by atoms with Gasteiger partial charge in [-0.25, -0.2) is 4.98 Å². The minimum Gasteiger partial charge on any atom is -0.391 e. The van der Waals surface area contributed by atoms with Gasteiger partial charge < -0.3 is 15.0 Å². The molecule has 0 radical (unpaired) electrons. The molecule has 0 fully saturated rings. The largest absolute Gasteiger partial charge is 0.391 e. The van der Waals surface area contributed by atoms with E-state index in [9.17, 15) is 5.11 Å². The van der Waals surface area contributed by atoms with Crippen molar-refractivity contribution in [1.29, 1.82) is 0 Å². The fourth-order valence-corrected chi connectivity index (χ4v) is 1.57. The van der Waals surface area contributed by atoms with Gasteiger partial charge in [-0.15, -0.1) is 0 Å². The maximum atomic E-state index is 9.73. The number of aliphatic hydroxyl groups excluding tert-OH is 1. The zero-order valence-electron chi connectivity index (χ0n) is 9.61. The molecule has 1 unspecified atom stereocenters. The van der Waals surface area contributed by atoms with Gasteiger partial charge in [-0.2, -0.15) is 0 Å². The summed E-state index contributed by atoms with van der Waals surface area (Å²) in [5.41, 5.74) is 0. The van der Waals surface area contributed by atoms with Crippen molar-refractivity contribution in [2.75, 3.05) is 13.1 Å². The number of aryl methyl sites for hydroxylation is 1. The van der Waals surface area contributed by atoms with E-state index < -0.39 is 0 Å². The molecule has 0 spiro atoms. The fraction of sp³-hybridized carbons (Fsp3) is 0.727. The van der Waals surface area contributed by atoms with Gasteiger partial charge in [0, 0.05) is 31.9 Å². The summed E-state index contributed by atoms with van der Waals surface area (Å²) in [6.07, 6.45) is 5.14. The summed E-state index contributed by atoms with van der Waals surface area (Å²) in [4.78, 5) is 4.26. The van der Waals surface area contributed by atoms with Crippen molar-refractivity contribution < 1.29 is 5.11 Å². The average molecular weight is 211 g/mol. The van der Waals surface area contributed by atoms with E-state index in [2.05, 4.69) is 21.8 Å². The molecule has 4 heteroatoms. The predicted molar refractivity (Wildman–Crippen MR) is 60.8 cm³/mol. The van der Waals surface area contributed by atoms with Gasteiger partial charge in [0.05, 0.1) is 6.10 Å². The first-order chi connectivity index (χ1) is 7.27. The van der Waals surface area contributed by atoms with Crippen molar-refractivity contribution in [3.8, 4) is 0 Å². The molecule has 0 aromatic carbocycles. The molecular weight excluding hydrogens is 190 g/mol. The van der Waals surface area contributed by atoms with Crippen LogP contribution in [0.3, 0.4) is 0 Å². The van der Waals surface area contributed by atoms with Crippen LogP contribution < -0.4 is 5.32 Å². The number of imidazole rings is 1. The topological polar surface area (TPSA) is 50.1 Å². The first kappa shape index (κ1) is 12.2. The highest BCUT2D eigenvalue weighted by molar-refractivity contribution is 4.94. The maximum absolute atomic E-state index is 9.73. The van der Waals surface area contributed by atoms with Crippen LogP contribution in [0.1, 0.15) is 26.1 Å². The normalized spacial score (nSPS) is 13.0. The highest BCUT2D eigenvalue weighted by Crippen LogP contribution is 2.02. The second kappa shape index (κ2) is 6.58. The van der Waals surface area contributed by atoms with Crippen LogP contribution >= 0.6 is 0 Å². The van der Waals surface area contributed by atoms with Gasteiger partial charge in [-0.05, 0) is 13.0 Å². The SMILES string of the molecule is CCCn1ccnc1CC(O)CNCC. The number of aromatic nitrogens is 2. The molecule has 15 heavy (non-hydrogen) atoms. The summed E-state index contributed by atoms with van der Waals surface area (Å²) in [6, 6.07) is 0. The number of nitrogens with zero attached hydrogens (tertiary/aromatic N) is 2. The molecular formula is C11H21N3O. The molecule has 1 aromatic rings. The van der Waals surface area contributed by atoms with Crippen LogP contribution in [0.4, 0.5) is 0 Å². The van der Waals surface area contributed by atoms with E-state index in [1.165, 1.54) is 0 Å². The van der Waals surface area contributed by atoms with Crippen molar-refractivity contribution in [1.82, 2.24) is 14.9 Å². The minimum absolute atomic E-state index is 0.344. The van der Waals surface area contributed by atoms with E-state index in [-0.39, 0.29) is 6.10 Å². The second-order valence-electron chi connectivity index (χ2n) is 3.70. The van der Waals surface area contributed by atoms with Crippen molar-refractivity contribution in [3.63, 3.8) is 0 Å². The van der Waals surface area contributed by atoms with Gasteiger partial charge in [0.1, 0.15) is 5.82 Å². The number of likely N-dealkylation sites (N-methyl/N-ethyl adjacent to an activating group) is 1. The van der Waals surface area contributed by atoms with Crippen LogP contribution in [0.2, 0.25) is 0 Å². The summed E-state index contributed by atoms with van der Waals surface area (Å²) in [7, 11) is 0. The molecule has 0 aliphatic rings. The van der Waals surface area contributed by atoms with Crippen LogP contribution in [0.5, 0.6) is 0 Å². The van der Waals surface area contributed by atoms with Crippen molar-refractivity contribution >= 4 is 0 Å². The van der Waals surface area contributed by atoms with E-state index in [1.807, 2.05) is 13.1 Å². The van der Waals surface area contributed by atoms with Crippen molar-refractivity contribution in [3.05, 3.63) is 18.2 Å². The Morgan fingerprint density at radius 3 is 3.00 bits per heavy atom. The molecule has 1 rings (SSSR count). The zero-order valence-corrected chi connectivity index (χ0v) is 9.61. The molecule has 0 aliphatic heterocycles. The summed E-state index contributed by atoms with van der Waals surface area (Å²) >= 11 is 0. The Kier molecular flexibility index (Phi) is 5.36. The summed E-state index contributed by atoms with van der Waals surface area (Å²) in [6.45, 7) is 6.67. The van der Waals surface area contributed by atoms with Crippen LogP contribution in [-0.4, -0.2) is 33.9 Å². The van der Waals surface area contributed by atoms with Crippen LogP contribution in [-0.2, 0) is 13.0 Å². The number of hydrogen-bond donors (Lipinski definition) is 2. The monoisotopic (exact) mass is 211 g/mol. The Balaban J connectivity index is 2.44. The molecule has 86 valence electrons. The van der Waals surface area contributed by atoms with E-state index in [0.29, 0.717) is 13.0 Å². The first-order valence-electron chi connectivity index (χ1n) is 5.66. The molecule has 1 heterocycles. The Morgan fingerprint density at radius 1 is 1.53 bits per heavy atom. The Bertz CT molecular complexity index is 273. The van der Waals surface area contributed by atoms with E-state index in [4.69, 9.17) is 0 Å². The summed E-state index contributed by atoms with van der Waals surface area (Å²) in [5, 5.41) is 12.9. The van der Waals surface area contributed by atoms with Gasteiger partial charge >= 0.3 is 0 Å². The third-order valence-electron chi connectivity index (χ3n) is 2.31. The molecule has 4 nitrogen and oxygen atoms in total. The van der Waals surface area contributed by atoms with Gasteiger partial charge in [0.15, 0.2) is 0 Å². The molecule has 2 N–H and O–H groups in total. The van der Waals surface area contributed by atoms with Crippen LogP contribution in [0.15, 0.2) is 12.4 Å². The standard InChI is InChI=1S/C11H21N3O/c1-3-6-14-7-5-13-11(14)8-10(15)9-12-4-2/h5,7,10,12,15H,3-4,6,8-9H2,1-2H3. The van der Waals surface area contributed by atoms with Gasteiger partial charge in [0.2, 0.25) is 0 Å². The molecule has 0 bridgehead atoms. The molecule has 1 atom stereocenters. The van der Waals surface area contributed by atoms with E-state index in [1.54, 1.807) is 6.20 Å². The van der Waals surface area contributed by atoms with Crippen molar-refractivity contribution in [2.45, 2.75) is 39.3 Å². The molecule has 0 amide bonds. The maximum Gasteiger partial charge on any atom is 0.111 e. The fourth-order valence-electron chi connectivity index (χ4n) is 1.57. The predicted octanol–water partition coefficient (Wildman–Crippen LogP) is 0.806. The molecule has 1 aromatic heterocycles. The minimum atomic E-state index is -0.344. The third kappa shape index (κ3) is 4.01. The van der Waals surface area contributed by atoms with Crippen molar-refractivity contribution in [2.24, 2.45) is 0 Å². The third-order valence-corrected chi connectivity index (χ3v) is 2.31. The highest BCUT2D eigenvalue weighted by Gasteiger charge is 2.09. The van der Waals surface area contributed by atoms with Gasteiger partial charge in [-0.1, -0.05) is 13.8 Å².